The van der Waals surface area contributed by atoms with Crippen LogP contribution in [-0.2, 0) is 11.3 Å². The van der Waals surface area contributed by atoms with Gasteiger partial charge in [-0.05, 0) is 33.6 Å². The van der Waals surface area contributed by atoms with Crippen molar-refractivity contribution in [3.05, 3.63) is 58.3 Å². The van der Waals surface area contributed by atoms with Crippen molar-refractivity contribution in [2.75, 3.05) is 18.8 Å². The molecule has 1 aliphatic rings. The SMILES string of the molecule is CC(C)(C)OC(=O)N1CCC(O)(Cn2cnc(C(=N)c3ccccc3)c(N)c2=O)CC1. The van der Waals surface area contributed by atoms with Crippen LogP contribution in [0.1, 0.15) is 44.9 Å². The Hall–Kier alpha value is -3.20. The van der Waals surface area contributed by atoms with Gasteiger partial charge in [-0.3, -0.25) is 14.8 Å². The van der Waals surface area contributed by atoms with Gasteiger partial charge in [-0.2, -0.15) is 0 Å². The summed E-state index contributed by atoms with van der Waals surface area (Å²) in [6, 6.07) is 8.91. The minimum absolute atomic E-state index is 0.00411. The van der Waals surface area contributed by atoms with Gasteiger partial charge in [-0.15, -0.1) is 0 Å². The van der Waals surface area contributed by atoms with Crippen molar-refractivity contribution >= 4 is 17.5 Å². The number of carbonyl (C=O) groups excluding carboxylic acids is 1. The van der Waals surface area contributed by atoms with E-state index >= 15 is 0 Å². The minimum Gasteiger partial charge on any atom is -0.444 e. The summed E-state index contributed by atoms with van der Waals surface area (Å²) in [6.45, 7) is 6.05. The van der Waals surface area contributed by atoms with Crippen LogP contribution in [0.5, 0.6) is 0 Å². The first-order valence-corrected chi connectivity index (χ1v) is 10.2. The van der Waals surface area contributed by atoms with Crippen molar-refractivity contribution in [2.24, 2.45) is 0 Å². The van der Waals surface area contributed by atoms with Gasteiger partial charge in [0.15, 0.2) is 0 Å². The number of hydrogen-bond acceptors (Lipinski definition) is 7. The zero-order valence-electron chi connectivity index (χ0n) is 18.1. The minimum atomic E-state index is -1.18. The van der Waals surface area contributed by atoms with E-state index in [1.807, 2.05) is 6.07 Å². The lowest BCUT2D eigenvalue weighted by molar-refractivity contribution is -0.0420. The molecule has 0 atom stereocenters. The van der Waals surface area contributed by atoms with Gasteiger partial charge in [0.05, 0.1) is 24.2 Å². The first-order chi connectivity index (χ1) is 14.5. The van der Waals surface area contributed by atoms with Crippen LogP contribution in [0.4, 0.5) is 10.5 Å². The van der Waals surface area contributed by atoms with E-state index in [1.165, 1.54) is 10.9 Å². The Balaban J connectivity index is 1.71. The third-order valence-corrected chi connectivity index (χ3v) is 5.18. The van der Waals surface area contributed by atoms with Gasteiger partial charge in [0, 0.05) is 18.7 Å². The normalized spacial score (nSPS) is 16.1. The van der Waals surface area contributed by atoms with Crippen molar-refractivity contribution in [3.63, 3.8) is 0 Å². The number of rotatable bonds is 4. The van der Waals surface area contributed by atoms with Crippen LogP contribution < -0.4 is 11.3 Å². The van der Waals surface area contributed by atoms with Gasteiger partial charge in [-0.25, -0.2) is 9.78 Å². The van der Waals surface area contributed by atoms with E-state index in [4.69, 9.17) is 15.9 Å². The first kappa shape index (κ1) is 22.5. The second-order valence-corrected chi connectivity index (χ2v) is 8.87. The fourth-order valence-electron chi connectivity index (χ4n) is 3.47. The Morgan fingerprint density at radius 1 is 1.26 bits per heavy atom. The Labute approximate surface area is 181 Å². The summed E-state index contributed by atoms with van der Waals surface area (Å²) < 4.78 is 6.64. The summed E-state index contributed by atoms with van der Waals surface area (Å²) in [5.41, 5.74) is 4.38. The number of carbonyl (C=O) groups is 1. The standard InChI is InChI=1S/C22H29N5O4/c1-21(2,3)31-20(29)26-11-9-22(30,10-12-26)13-27-14-25-18(17(24)19(27)28)16(23)15-7-5-4-6-8-15/h4-8,14,23,30H,9-13,24H2,1-3H3. The molecule has 4 N–H and O–H groups in total. The summed E-state index contributed by atoms with van der Waals surface area (Å²) >= 11 is 0. The third kappa shape index (κ3) is 5.29. The van der Waals surface area contributed by atoms with Gasteiger partial charge < -0.3 is 20.5 Å². The molecular weight excluding hydrogens is 398 g/mol. The quantitative estimate of drug-likeness (QED) is 0.639. The Morgan fingerprint density at radius 3 is 2.45 bits per heavy atom. The smallest absolute Gasteiger partial charge is 0.410 e. The highest BCUT2D eigenvalue weighted by Crippen LogP contribution is 2.25. The number of anilines is 1. The highest BCUT2D eigenvalue weighted by Gasteiger charge is 2.36. The molecule has 0 bridgehead atoms. The third-order valence-electron chi connectivity index (χ3n) is 5.18. The molecule has 1 saturated heterocycles. The van der Waals surface area contributed by atoms with Gasteiger partial charge in [0.1, 0.15) is 17.0 Å². The van der Waals surface area contributed by atoms with Crippen LogP contribution >= 0.6 is 0 Å². The number of aromatic nitrogens is 2. The topological polar surface area (TPSA) is 135 Å². The molecule has 31 heavy (non-hydrogen) atoms. The number of nitrogens with two attached hydrogens (primary N) is 1. The number of amides is 1. The van der Waals surface area contributed by atoms with E-state index in [9.17, 15) is 14.7 Å². The molecule has 1 fully saturated rings. The van der Waals surface area contributed by atoms with Gasteiger partial charge >= 0.3 is 6.09 Å². The second kappa shape index (κ2) is 8.50. The molecule has 0 radical (unpaired) electrons. The molecule has 3 rings (SSSR count). The van der Waals surface area contributed by atoms with Gasteiger partial charge in [-0.1, -0.05) is 30.3 Å². The van der Waals surface area contributed by atoms with Crippen LogP contribution in [0.3, 0.4) is 0 Å². The number of likely N-dealkylation sites (tertiary alicyclic amines) is 1. The molecule has 166 valence electrons. The van der Waals surface area contributed by atoms with Crippen LogP contribution in [0.2, 0.25) is 0 Å². The number of benzene rings is 1. The number of aliphatic hydroxyl groups is 1. The van der Waals surface area contributed by atoms with E-state index in [0.29, 0.717) is 31.5 Å². The predicted octanol–water partition coefficient (Wildman–Crippen LogP) is 2.00. The van der Waals surface area contributed by atoms with E-state index in [0.717, 1.165) is 0 Å². The lowest BCUT2D eigenvalue weighted by Crippen LogP contribution is -2.50. The van der Waals surface area contributed by atoms with Crippen molar-refractivity contribution in [2.45, 2.75) is 51.4 Å². The summed E-state index contributed by atoms with van der Waals surface area (Å²) in [5.74, 6) is 0. The molecule has 1 aliphatic heterocycles. The highest BCUT2D eigenvalue weighted by molar-refractivity contribution is 6.12. The fraction of sp³-hybridized carbons (Fsp3) is 0.455. The summed E-state index contributed by atoms with van der Waals surface area (Å²) in [7, 11) is 0. The van der Waals surface area contributed by atoms with Crippen molar-refractivity contribution < 1.29 is 14.6 Å². The fourth-order valence-corrected chi connectivity index (χ4v) is 3.47. The summed E-state index contributed by atoms with van der Waals surface area (Å²) in [5, 5.41) is 19.3. The summed E-state index contributed by atoms with van der Waals surface area (Å²) in [6.07, 6.45) is 1.48. The largest absolute Gasteiger partial charge is 0.444 e. The summed E-state index contributed by atoms with van der Waals surface area (Å²) in [4.78, 5) is 30.8. The number of nitrogens with zero attached hydrogens (tertiary/aromatic N) is 3. The Morgan fingerprint density at radius 2 is 1.87 bits per heavy atom. The predicted molar refractivity (Wildman–Crippen MR) is 117 cm³/mol. The lowest BCUT2D eigenvalue weighted by Gasteiger charge is -2.38. The maximum atomic E-state index is 12.8. The van der Waals surface area contributed by atoms with Crippen LogP contribution in [-0.4, -0.2) is 55.7 Å². The molecule has 2 aromatic rings. The number of nitrogens with one attached hydrogen (secondary N) is 1. The van der Waals surface area contributed by atoms with Gasteiger partial charge in [0.2, 0.25) is 0 Å². The molecule has 0 aliphatic carbocycles. The van der Waals surface area contributed by atoms with Crippen molar-refractivity contribution in [1.82, 2.24) is 14.5 Å². The van der Waals surface area contributed by atoms with Gasteiger partial charge in [0.25, 0.3) is 5.56 Å². The van der Waals surface area contributed by atoms with E-state index in [-0.39, 0.29) is 23.6 Å². The average Bonchev–Trinajstić information content (AvgIpc) is 2.71. The average molecular weight is 428 g/mol. The Bertz CT molecular complexity index is 1020. The maximum absolute atomic E-state index is 12.8. The monoisotopic (exact) mass is 427 g/mol. The van der Waals surface area contributed by atoms with Crippen LogP contribution in [0.25, 0.3) is 0 Å². The molecule has 2 heterocycles. The number of piperidine rings is 1. The van der Waals surface area contributed by atoms with E-state index in [2.05, 4.69) is 4.98 Å². The van der Waals surface area contributed by atoms with Crippen LogP contribution in [0.15, 0.2) is 41.5 Å². The highest BCUT2D eigenvalue weighted by atomic mass is 16.6. The van der Waals surface area contributed by atoms with Crippen molar-refractivity contribution in [3.8, 4) is 0 Å². The zero-order valence-corrected chi connectivity index (χ0v) is 18.1. The van der Waals surface area contributed by atoms with Crippen LogP contribution in [0, 0.1) is 5.41 Å². The molecule has 0 unspecified atom stereocenters. The molecular formula is C22H29N5O4. The molecule has 0 spiro atoms. The van der Waals surface area contributed by atoms with Crippen molar-refractivity contribution in [1.29, 1.82) is 5.41 Å². The van der Waals surface area contributed by atoms with E-state index < -0.39 is 22.9 Å². The molecule has 9 heteroatoms. The lowest BCUT2D eigenvalue weighted by atomic mass is 9.91. The molecule has 0 saturated carbocycles. The molecule has 9 nitrogen and oxygen atoms in total. The molecule has 1 amide bonds. The molecule has 1 aromatic carbocycles. The number of nitrogen functional groups attached to an aromatic ring is 1. The Kier molecular flexibility index (Phi) is 6.17. The zero-order chi connectivity index (χ0) is 22.8. The first-order valence-electron chi connectivity index (χ1n) is 10.2. The molecule has 1 aromatic heterocycles. The number of hydrogen-bond donors (Lipinski definition) is 3. The second-order valence-electron chi connectivity index (χ2n) is 8.87. The van der Waals surface area contributed by atoms with E-state index in [1.54, 1.807) is 49.9 Å². The maximum Gasteiger partial charge on any atom is 0.410 e. The number of ether oxygens (including phenoxy) is 1.